The van der Waals surface area contributed by atoms with Gasteiger partial charge in [0, 0.05) is 19.1 Å². The Labute approximate surface area is 176 Å². The van der Waals surface area contributed by atoms with E-state index in [1.54, 1.807) is 0 Å². The number of hydrogen-bond donors (Lipinski definition) is 0. The minimum absolute atomic E-state index is 0.134. The van der Waals surface area contributed by atoms with Crippen molar-refractivity contribution < 1.29 is 14.3 Å². The summed E-state index contributed by atoms with van der Waals surface area (Å²) in [5.41, 5.74) is 0. The number of benzene rings is 1. The number of hydrogen-bond acceptors (Lipinski definition) is 6. The van der Waals surface area contributed by atoms with Gasteiger partial charge in [-0.25, -0.2) is 0 Å². The van der Waals surface area contributed by atoms with E-state index < -0.39 is 0 Å². The maximum atomic E-state index is 12.9. The van der Waals surface area contributed by atoms with Gasteiger partial charge in [-0.1, -0.05) is 37.7 Å². The number of fused-ring (bicyclic) bond motifs is 1. The van der Waals surface area contributed by atoms with E-state index in [-0.39, 0.29) is 24.1 Å². The summed E-state index contributed by atoms with van der Waals surface area (Å²) in [4.78, 5) is 14.9. The minimum atomic E-state index is -0.329. The molecule has 3 rings (SSSR count). The van der Waals surface area contributed by atoms with Crippen molar-refractivity contribution in [3.8, 4) is 11.5 Å². The van der Waals surface area contributed by atoms with Crippen LogP contribution in [0.5, 0.6) is 11.5 Å². The first-order chi connectivity index (χ1) is 14.0. The van der Waals surface area contributed by atoms with Crippen molar-refractivity contribution in [3.63, 3.8) is 0 Å². The second-order valence-corrected chi connectivity index (χ2v) is 8.31. The van der Waals surface area contributed by atoms with Gasteiger partial charge in [-0.05, 0) is 38.8 Å². The first-order valence-electron chi connectivity index (χ1n) is 10.2. The van der Waals surface area contributed by atoms with Gasteiger partial charge >= 0.3 is 0 Å². The number of amides is 1. The van der Waals surface area contributed by atoms with Crippen molar-refractivity contribution in [2.75, 3.05) is 12.4 Å². The molecule has 2 aromatic rings. The van der Waals surface area contributed by atoms with Crippen molar-refractivity contribution in [1.29, 1.82) is 0 Å². The van der Waals surface area contributed by atoms with Crippen LogP contribution in [0.15, 0.2) is 29.4 Å². The van der Waals surface area contributed by atoms with E-state index in [0.29, 0.717) is 29.1 Å². The average Bonchev–Trinajstić information content (AvgIpc) is 3.11. The van der Waals surface area contributed by atoms with Crippen LogP contribution in [0.4, 0.5) is 0 Å². The van der Waals surface area contributed by atoms with Crippen LogP contribution in [0.25, 0.3) is 0 Å². The fourth-order valence-corrected chi connectivity index (χ4v) is 4.19. The zero-order valence-electron chi connectivity index (χ0n) is 17.8. The summed E-state index contributed by atoms with van der Waals surface area (Å²) < 4.78 is 13.7. The topological polar surface area (TPSA) is 69.5 Å². The molecule has 1 amide bonds. The monoisotopic (exact) mass is 418 g/mol. The third kappa shape index (κ3) is 4.69. The number of rotatable bonds is 8. The Hall–Kier alpha value is -2.22. The standard InChI is InChI=1S/C21H30N4O3S/c1-6-14(3)25(15(4)7-2)19(26)13-29-21-23-22-20(24(21)5)18-12-27-16-10-8-9-11-17(16)28-18/h8-11,14-15,18H,6-7,12-13H2,1-5H3/t14-,15-,18-/m0/s1. The van der Waals surface area contributed by atoms with Crippen molar-refractivity contribution >= 4 is 17.7 Å². The molecule has 0 bridgehead atoms. The van der Waals surface area contributed by atoms with Crippen molar-refractivity contribution in [2.45, 2.75) is 63.9 Å². The summed E-state index contributed by atoms with van der Waals surface area (Å²) in [7, 11) is 1.90. The van der Waals surface area contributed by atoms with E-state index in [4.69, 9.17) is 9.47 Å². The summed E-state index contributed by atoms with van der Waals surface area (Å²) in [5, 5.41) is 9.28. The summed E-state index contributed by atoms with van der Waals surface area (Å²) in [6, 6.07) is 8.04. The highest BCUT2D eigenvalue weighted by molar-refractivity contribution is 7.99. The smallest absolute Gasteiger partial charge is 0.233 e. The van der Waals surface area contributed by atoms with Crippen molar-refractivity contribution in [2.24, 2.45) is 7.05 Å². The van der Waals surface area contributed by atoms with Crippen LogP contribution in [-0.2, 0) is 11.8 Å². The first-order valence-corrected chi connectivity index (χ1v) is 11.2. The number of nitrogens with zero attached hydrogens (tertiary/aromatic N) is 4. The van der Waals surface area contributed by atoms with Gasteiger partial charge in [-0.15, -0.1) is 10.2 Å². The van der Waals surface area contributed by atoms with Gasteiger partial charge in [-0.3, -0.25) is 4.79 Å². The zero-order valence-corrected chi connectivity index (χ0v) is 18.6. The molecule has 0 aliphatic carbocycles. The van der Waals surface area contributed by atoms with E-state index in [0.717, 1.165) is 18.6 Å². The van der Waals surface area contributed by atoms with Crippen LogP contribution in [0.2, 0.25) is 0 Å². The maximum absolute atomic E-state index is 12.9. The van der Waals surface area contributed by atoms with E-state index in [9.17, 15) is 4.79 Å². The summed E-state index contributed by atoms with van der Waals surface area (Å²) in [6.07, 6.45) is 1.55. The molecule has 0 N–H and O–H groups in total. The molecule has 0 saturated heterocycles. The third-order valence-corrected chi connectivity index (χ3v) is 6.41. The Morgan fingerprint density at radius 3 is 2.52 bits per heavy atom. The lowest BCUT2D eigenvalue weighted by atomic mass is 10.1. The van der Waals surface area contributed by atoms with Gasteiger partial charge in [-0.2, -0.15) is 0 Å². The number of para-hydroxylation sites is 2. The number of ether oxygens (including phenoxy) is 2. The molecule has 0 saturated carbocycles. The van der Waals surface area contributed by atoms with E-state index in [1.807, 2.05) is 40.8 Å². The average molecular weight is 419 g/mol. The van der Waals surface area contributed by atoms with Crippen molar-refractivity contribution in [1.82, 2.24) is 19.7 Å². The van der Waals surface area contributed by atoms with Gasteiger partial charge in [0.05, 0.1) is 5.75 Å². The van der Waals surface area contributed by atoms with Crippen LogP contribution >= 0.6 is 11.8 Å². The number of thioether (sulfide) groups is 1. The SMILES string of the molecule is CC[C@H](C)N(C(=O)CSc1nnc([C@@H]2COc3ccccc3O2)n1C)[C@@H](C)CC. The minimum Gasteiger partial charge on any atom is -0.485 e. The van der Waals surface area contributed by atoms with Crippen LogP contribution in [-0.4, -0.2) is 50.0 Å². The van der Waals surface area contributed by atoms with Gasteiger partial charge in [0.15, 0.2) is 28.6 Å². The molecule has 29 heavy (non-hydrogen) atoms. The lowest BCUT2D eigenvalue weighted by molar-refractivity contribution is -0.132. The molecule has 1 aromatic carbocycles. The molecule has 8 heteroatoms. The summed E-state index contributed by atoms with van der Waals surface area (Å²) in [6.45, 7) is 8.81. The van der Waals surface area contributed by atoms with Crippen LogP contribution in [0, 0.1) is 0 Å². The van der Waals surface area contributed by atoms with Crippen LogP contribution in [0.3, 0.4) is 0 Å². The number of aromatic nitrogens is 3. The molecule has 3 atom stereocenters. The fraction of sp³-hybridized carbons (Fsp3) is 0.571. The number of carbonyl (C=O) groups excluding carboxylic acids is 1. The Bertz CT molecular complexity index is 831. The summed E-state index contributed by atoms with van der Waals surface area (Å²) in [5.74, 6) is 2.60. The van der Waals surface area contributed by atoms with Crippen LogP contribution < -0.4 is 9.47 Å². The highest BCUT2D eigenvalue weighted by Crippen LogP contribution is 2.35. The largest absolute Gasteiger partial charge is 0.485 e. The molecule has 2 heterocycles. The molecule has 158 valence electrons. The predicted octanol–water partition coefficient (Wildman–Crippen LogP) is 3.85. The molecular weight excluding hydrogens is 388 g/mol. The second-order valence-electron chi connectivity index (χ2n) is 7.37. The Kier molecular flexibility index (Phi) is 7.05. The lowest BCUT2D eigenvalue weighted by Crippen LogP contribution is -2.45. The molecule has 0 spiro atoms. The van der Waals surface area contributed by atoms with Gasteiger partial charge in [0.2, 0.25) is 5.91 Å². The summed E-state index contributed by atoms with van der Waals surface area (Å²) >= 11 is 1.41. The van der Waals surface area contributed by atoms with Crippen molar-refractivity contribution in [3.05, 3.63) is 30.1 Å². The normalized spacial score (nSPS) is 17.6. The van der Waals surface area contributed by atoms with Crippen LogP contribution in [0.1, 0.15) is 52.5 Å². The molecule has 7 nitrogen and oxygen atoms in total. The predicted molar refractivity (Wildman–Crippen MR) is 113 cm³/mol. The van der Waals surface area contributed by atoms with E-state index >= 15 is 0 Å². The first kappa shape index (κ1) is 21.5. The zero-order chi connectivity index (χ0) is 21.0. The molecule has 0 unspecified atom stereocenters. The molecule has 0 radical (unpaired) electrons. The van der Waals surface area contributed by atoms with E-state index in [2.05, 4.69) is 37.9 Å². The molecular formula is C21H30N4O3S. The highest BCUT2D eigenvalue weighted by Gasteiger charge is 2.28. The van der Waals surface area contributed by atoms with E-state index in [1.165, 1.54) is 11.8 Å². The van der Waals surface area contributed by atoms with Gasteiger partial charge in [0.25, 0.3) is 0 Å². The lowest BCUT2D eigenvalue weighted by Gasteiger charge is -2.34. The third-order valence-electron chi connectivity index (χ3n) is 5.41. The second kappa shape index (κ2) is 9.52. The van der Waals surface area contributed by atoms with Gasteiger partial charge < -0.3 is 18.9 Å². The fourth-order valence-electron chi connectivity index (χ4n) is 3.40. The van der Waals surface area contributed by atoms with Gasteiger partial charge in [0.1, 0.15) is 6.61 Å². The molecule has 1 aliphatic heterocycles. The molecule has 1 aromatic heterocycles. The Morgan fingerprint density at radius 1 is 1.21 bits per heavy atom. The quantitative estimate of drug-likeness (QED) is 0.607. The molecule has 1 aliphatic rings. The number of carbonyl (C=O) groups is 1. The highest BCUT2D eigenvalue weighted by atomic mass is 32.2. The Balaban J connectivity index is 1.66. The molecule has 0 fully saturated rings. The Morgan fingerprint density at radius 2 is 1.86 bits per heavy atom. The maximum Gasteiger partial charge on any atom is 0.233 e.